The Morgan fingerprint density at radius 2 is 1.82 bits per heavy atom. The molecule has 2 rings (SSSR count). The standard InChI is InChI=1S/C13H10Br2FN/c14-10-6-5-9(12(16)7-10)8-17-13-4-2-1-3-11(13)15/h1-7,17H,8H2. The van der Waals surface area contributed by atoms with Crippen LogP contribution in [0.25, 0.3) is 0 Å². The summed E-state index contributed by atoms with van der Waals surface area (Å²) in [5.74, 6) is -0.209. The Morgan fingerprint density at radius 1 is 1.06 bits per heavy atom. The summed E-state index contributed by atoms with van der Waals surface area (Å²) in [5, 5.41) is 3.19. The highest BCUT2D eigenvalue weighted by Crippen LogP contribution is 2.22. The molecule has 0 amide bonds. The van der Waals surface area contributed by atoms with Crippen LogP contribution >= 0.6 is 31.9 Å². The molecule has 0 heterocycles. The van der Waals surface area contributed by atoms with Gasteiger partial charge in [-0.25, -0.2) is 4.39 Å². The zero-order valence-electron chi connectivity index (χ0n) is 8.88. The van der Waals surface area contributed by atoms with Crippen molar-refractivity contribution in [2.24, 2.45) is 0 Å². The van der Waals surface area contributed by atoms with Crippen molar-refractivity contribution in [3.8, 4) is 0 Å². The lowest BCUT2D eigenvalue weighted by Crippen LogP contribution is -2.02. The Balaban J connectivity index is 2.10. The van der Waals surface area contributed by atoms with E-state index in [1.54, 1.807) is 6.07 Å². The molecule has 17 heavy (non-hydrogen) atoms. The Hall–Kier alpha value is -0.870. The second-order valence-corrected chi connectivity index (χ2v) is 5.34. The predicted molar refractivity (Wildman–Crippen MR) is 75.6 cm³/mol. The molecule has 88 valence electrons. The summed E-state index contributed by atoms with van der Waals surface area (Å²) in [6, 6.07) is 12.8. The van der Waals surface area contributed by atoms with Gasteiger partial charge in [0.05, 0.1) is 0 Å². The molecule has 0 bridgehead atoms. The summed E-state index contributed by atoms with van der Waals surface area (Å²) < 4.78 is 15.3. The molecule has 0 aliphatic carbocycles. The zero-order valence-corrected chi connectivity index (χ0v) is 12.1. The summed E-state index contributed by atoms with van der Waals surface area (Å²) in [6.07, 6.45) is 0. The van der Waals surface area contributed by atoms with Gasteiger partial charge in [-0.3, -0.25) is 0 Å². The molecule has 0 atom stereocenters. The van der Waals surface area contributed by atoms with E-state index in [-0.39, 0.29) is 5.82 Å². The smallest absolute Gasteiger partial charge is 0.129 e. The van der Waals surface area contributed by atoms with Gasteiger partial charge in [-0.15, -0.1) is 0 Å². The molecule has 0 aliphatic heterocycles. The molecule has 4 heteroatoms. The summed E-state index contributed by atoms with van der Waals surface area (Å²) >= 11 is 6.67. The predicted octanol–water partition coefficient (Wildman–Crippen LogP) is 4.96. The van der Waals surface area contributed by atoms with Gasteiger partial charge in [0.15, 0.2) is 0 Å². The molecule has 0 radical (unpaired) electrons. The van der Waals surface area contributed by atoms with Crippen LogP contribution in [-0.4, -0.2) is 0 Å². The summed E-state index contributed by atoms with van der Waals surface area (Å²) in [7, 11) is 0. The zero-order chi connectivity index (χ0) is 12.3. The van der Waals surface area contributed by atoms with Gasteiger partial charge in [0.25, 0.3) is 0 Å². The highest BCUT2D eigenvalue weighted by Gasteiger charge is 2.03. The topological polar surface area (TPSA) is 12.0 Å². The van der Waals surface area contributed by atoms with Crippen LogP contribution in [0, 0.1) is 5.82 Å². The minimum absolute atomic E-state index is 0.209. The number of benzene rings is 2. The van der Waals surface area contributed by atoms with E-state index in [0.717, 1.165) is 14.6 Å². The van der Waals surface area contributed by atoms with Crippen LogP contribution in [0.5, 0.6) is 0 Å². The summed E-state index contributed by atoms with van der Waals surface area (Å²) in [6.45, 7) is 0.460. The van der Waals surface area contributed by atoms with Crippen LogP contribution in [0.15, 0.2) is 51.4 Å². The number of hydrogen-bond donors (Lipinski definition) is 1. The Labute approximate surface area is 116 Å². The van der Waals surface area contributed by atoms with E-state index >= 15 is 0 Å². The van der Waals surface area contributed by atoms with E-state index in [2.05, 4.69) is 37.2 Å². The van der Waals surface area contributed by atoms with Crippen molar-refractivity contribution in [2.75, 3.05) is 5.32 Å². The highest BCUT2D eigenvalue weighted by molar-refractivity contribution is 9.10. The van der Waals surface area contributed by atoms with E-state index in [1.165, 1.54) is 6.07 Å². The van der Waals surface area contributed by atoms with E-state index in [9.17, 15) is 4.39 Å². The minimum atomic E-state index is -0.209. The molecule has 2 aromatic carbocycles. The third-order valence-corrected chi connectivity index (χ3v) is 3.54. The number of para-hydroxylation sites is 1. The van der Waals surface area contributed by atoms with Crippen LogP contribution < -0.4 is 5.32 Å². The molecule has 1 nitrogen and oxygen atoms in total. The van der Waals surface area contributed by atoms with Gasteiger partial charge in [0.1, 0.15) is 5.82 Å². The van der Waals surface area contributed by atoms with E-state index < -0.39 is 0 Å². The van der Waals surface area contributed by atoms with E-state index in [0.29, 0.717) is 12.1 Å². The highest BCUT2D eigenvalue weighted by atomic mass is 79.9. The largest absolute Gasteiger partial charge is 0.380 e. The Morgan fingerprint density at radius 3 is 2.53 bits per heavy atom. The van der Waals surface area contributed by atoms with Crippen LogP contribution in [0.3, 0.4) is 0 Å². The quantitative estimate of drug-likeness (QED) is 0.817. The van der Waals surface area contributed by atoms with Gasteiger partial charge in [-0.2, -0.15) is 0 Å². The molecule has 0 unspecified atom stereocenters. The maximum Gasteiger partial charge on any atom is 0.129 e. The number of nitrogens with one attached hydrogen (secondary N) is 1. The van der Waals surface area contributed by atoms with Crippen LogP contribution in [0.2, 0.25) is 0 Å². The normalized spacial score (nSPS) is 10.3. The van der Waals surface area contributed by atoms with Crippen molar-refractivity contribution in [1.82, 2.24) is 0 Å². The monoisotopic (exact) mass is 357 g/mol. The van der Waals surface area contributed by atoms with Gasteiger partial charge < -0.3 is 5.32 Å². The molecule has 0 fully saturated rings. The lowest BCUT2D eigenvalue weighted by Gasteiger charge is -2.09. The van der Waals surface area contributed by atoms with Crippen molar-refractivity contribution >= 4 is 37.5 Å². The van der Waals surface area contributed by atoms with Gasteiger partial charge >= 0.3 is 0 Å². The lowest BCUT2D eigenvalue weighted by molar-refractivity contribution is 0.612. The molecular formula is C13H10Br2FN. The van der Waals surface area contributed by atoms with Crippen LogP contribution in [0.4, 0.5) is 10.1 Å². The molecule has 0 spiro atoms. The van der Waals surface area contributed by atoms with Crippen LogP contribution in [-0.2, 0) is 6.54 Å². The van der Waals surface area contributed by atoms with Gasteiger partial charge in [-0.1, -0.05) is 34.1 Å². The van der Waals surface area contributed by atoms with Crippen molar-refractivity contribution in [3.63, 3.8) is 0 Å². The SMILES string of the molecule is Fc1cc(Br)ccc1CNc1ccccc1Br. The minimum Gasteiger partial charge on any atom is -0.380 e. The maximum atomic E-state index is 13.6. The average Bonchev–Trinajstić information content (AvgIpc) is 2.30. The van der Waals surface area contributed by atoms with E-state index in [1.807, 2.05) is 30.3 Å². The third-order valence-electron chi connectivity index (χ3n) is 2.36. The summed E-state index contributed by atoms with van der Waals surface area (Å²) in [4.78, 5) is 0. The number of rotatable bonds is 3. The molecule has 1 N–H and O–H groups in total. The molecule has 0 aliphatic rings. The molecule has 0 aromatic heterocycles. The van der Waals surface area contributed by atoms with Crippen molar-refractivity contribution < 1.29 is 4.39 Å². The molecule has 0 saturated carbocycles. The maximum absolute atomic E-state index is 13.6. The Kier molecular flexibility index (Phi) is 4.18. The molecular weight excluding hydrogens is 349 g/mol. The van der Waals surface area contributed by atoms with E-state index in [4.69, 9.17) is 0 Å². The lowest BCUT2D eigenvalue weighted by atomic mass is 10.2. The van der Waals surface area contributed by atoms with Gasteiger partial charge in [-0.05, 0) is 40.2 Å². The van der Waals surface area contributed by atoms with Crippen LogP contribution in [0.1, 0.15) is 5.56 Å². The molecule has 0 saturated heterocycles. The fourth-order valence-electron chi connectivity index (χ4n) is 1.46. The summed E-state index contributed by atoms with van der Waals surface area (Å²) in [5.41, 5.74) is 1.60. The number of anilines is 1. The first kappa shape index (κ1) is 12.6. The number of halogens is 3. The fraction of sp³-hybridized carbons (Fsp3) is 0.0769. The van der Waals surface area contributed by atoms with Gasteiger partial charge in [0, 0.05) is 26.7 Å². The number of hydrogen-bond acceptors (Lipinski definition) is 1. The van der Waals surface area contributed by atoms with Crippen molar-refractivity contribution in [1.29, 1.82) is 0 Å². The first-order chi connectivity index (χ1) is 8.16. The fourth-order valence-corrected chi connectivity index (χ4v) is 2.22. The first-order valence-corrected chi connectivity index (χ1v) is 6.68. The second-order valence-electron chi connectivity index (χ2n) is 3.57. The van der Waals surface area contributed by atoms with Crippen molar-refractivity contribution in [3.05, 3.63) is 62.8 Å². The Bertz CT molecular complexity index is 529. The van der Waals surface area contributed by atoms with Crippen molar-refractivity contribution in [2.45, 2.75) is 6.54 Å². The second kappa shape index (κ2) is 5.65. The first-order valence-electron chi connectivity index (χ1n) is 5.09. The van der Waals surface area contributed by atoms with Gasteiger partial charge in [0.2, 0.25) is 0 Å². The third kappa shape index (κ3) is 3.30. The average molecular weight is 359 g/mol. The molecule has 2 aromatic rings.